The molecule has 2 heterocycles. The lowest BCUT2D eigenvalue weighted by Gasteiger charge is -2.12. The van der Waals surface area contributed by atoms with E-state index in [1.807, 2.05) is 19.2 Å². The quantitative estimate of drug-likeness (QED) is 0.822. The number of hydrogen-bond donors (Lipinski definition) is 1. The second-order valence-electron chi connectivity index (χ2n) is 4.14. The number of likely N-dealkylation sites (N-methyl/N-ethyl adjacent to an activating group) is 1. The molecule has 2 rings (SSSR count). The van der Waals surface area contributed by atoms with E-state index in [-0.39, 0.29) is 24.3 Å². The van der Waals surface area contributed by atoms with E-state index in [1.54, 1.807) is 11.3 Å². The highest BCUT2D eigenvalue weighted by atomic mass is 32.1. The molecule has 1 aromatic rings. The zero-order valence-corrected chi connectivity index (χ0v) is 10.8. The summed E-state index contributed by atoms with van der Waals surface area (Å²) in [6.07, 6.45) is 0.289. The molecule has 5 heteroatoms. The number of aryl methyl sites for hydroxylation is 1. The van der Waals surface area contributed by atoms with Crippen LogP contribution in [0.5, 0.6) is 0 Å². The second-order valence-corrected chi connectivity index (χ2v) is 5.14. The summed E-state index contributed by atoms with van der Waals surface area (Å²) in [5.74, 6) is -0.162. The third-order valence-corrected chi connectivity index (χ3v) is 4.06. The number of nitrogens with zero attached hydrogens (tertiary/aromatic N) is 1. The highest BCUT2D eigenvalue weighted by Gasteiger charge is 2.37. The topological polar surface area (TPSA) is 49.4 Å². The minimum absolute atomic E-state index is 0.0714. The first-order valence-electron chi connectivity index (χ1n) is 5.74. The van der Waals surface area contributed by atoms with Crippen molar-refractivity contribution < 1.29 is 9.59 Å². The molecule has 0 bridgehead atoms. The van der Waals surface area contributed by atoms with E-state index in [1.165, 1.54) is 15.3 Å². The Bertz CT molecular complexity index is 441. The highest BCUT2D eigenvalue weighted by Crippen LogP contribution is 2.17. The first-order valence-corrected chi connectivity index (χ1v) is 6.62. The highest BCUT2D eigenvalue weighted by molar-refractivity contribution is 7.10. The van der Waals surface area contributed by atoms with Crippen molar-refractivity contribution >= 4 is 23.2 Å². The smallest absolute Gasteiger partial charge is 0.246 e. The van der Waals surface area contributed by atoms with Crippen LogP contribution in [0.3, 0.4) is 0 Å². The summed E-state index contributed by atoms with van der Waals surface area (Å²) in [5, 5.41) is 5.20. The fraction of sp³-hybridized carbons (Fsp3) is 0.500. The number of rotatable bonds is 4. The summed E-state index contributed by atoms with van der Waals surface area (Å²) in [6, 6.07) is 1.71. The van der Waals surface area contributed by atoms with E-state index in [0.717, 1.165) is 0 Å². The van der Waals surface area contributed by atoms with Gasteiger partial charge in [0.1, 0.15) is 0 Å². The van der Waals surface area contributed by atoms with Crippen molar-refractivity contribution in [2.75, 3.05) is 6.54 Å². The number of nitrogens with one attached hydrogen (secondary N) is 1. The molecular formula is C12H16N2O2S. The van der Waals surface area contributed by atoms with Crippen LogP contribution >= 0.6 is 11.3 Å². The van der Waals surface area contributed by atoms with Crippen molar-refractivity contribution in [1.29, 1.82) is 0 Å². The Balaban J connectivity index is 1.95. The largest absolute Gasteiger partial charge is 0.300 e. The van der Waals surface area contributed by atoms with Gasteiger partial charge >= 0.3 is 0 Å². The number of carbonyl (C=O) groups is 2. The lowest BCUT2D eigenvalue weighted by Crippen LogP contribution is -2.38. The molecule has 1 aliphatic rings. The summed E-state index contributed by atoms with van der Waals surface area (Å²) >= 11 is 1.67. The summed E-state index contributed by atoms with van der Waals surface area (Å²) in [6.45, 7) is 4.99. The Morgan fingerprint density at radius 3 is 2.82 bits per heavy atom. The lowest BCUT2D eigenvalue weighted by molar-refractivity contribution is -0.138. The van der Waals surface area contributed by atoms with Gasteiger partial charge in [0.25, 0.3) is 0 Å². The third kappa shape index (κ3) is 2.40. The molecule has 1 aliphatic heterocycles. The van der Waals surface area contributed by atoms with Gasteiger partial charge in [-0.3, -0.25) is 14.5 Å². The van der Waals surface area contributed by atoms with Crippen molar-refractivity contribution in [3.63, 3.8) is 0 Å². The maximum Gasteiger partial charge on any atom is 0.246 e. The molecule has 1 atom stereocenters. The molecule has 0 aromatic carbocycles. The normalized spacial score (nSPS) is 20.4. The van der Waals surface area contributed by atoms with Gasteiger partial charge in [-0.15, -0.1) is 11.3 Å². The van der Waals surface area contributed by atoms with Crippen LogP contribution in [-0.4, -0.2) is 29.3 Å². The molecule has 17 heavy (non-hydrogen) atoms. The van der Waals surface area contributed by atoms with Crippen LogP contribution in [0.15, 0.2) is 11.4 Å². The molecular weight excluding hydrogens is 236 g/mol. The van der Waals surface area contributed by atoms with Gasteiger partial charge in [-0.2, -0.15) is 0 Å². The van der Waals surface area contributed by atoms with Gasteiger partial charge in [0.05, 0.1) is 12.5 Å². The minimum Gasteiger partial charge on any atom is -0.300 e. The molecule has 0 aliphatic carbocycles. The number of imide groups is 1. The SMILES string of the molecule is CCN1C(=O)CC(NCc2sccc2C)C1=O. The van der Waals surface area contributed by atoms with Gasteiger partial charge < -0.3 is 5.32 Å². The molecule has 1 fully saturated rings. The van der Waals surface area contributed by atoms with Gasteiger partial charge in [-0.25, -0.2) is 0 Å². The van der Waals surface area contributed by atoms with Crippen LogP contribution in [0.2, 0.25) is 0 Å². The van der Waals surface area contributed by atoms with Crippen molar-refractivity contribution in [2.45, 2.75) is 32.9 Å². The fourth-order valence-corrected chi connectivity index (χ4v) is 2.83. The van der Waals surface area contributed by atoms with Crippen LogP contribution in [0.1, 0.15) is 23.8 Å². The lowest BCUT2D eigenvalue weighted by atomic mass is 10.2. The van der Waals surface area contributed by atoms with E-state index in [2.05, 4.69) is 11.4 Å². The Morgan fingerprint density at radius 2 is 2.29 bits per heavy atom. The van der Waals surface area contributed by atoms with E-state index in [0.29, 0.717) is 13.1 Å². The van der Waals surface area contributed by atoms with Gasteiger partial charge in [0, 0.05) is 18.0 Å². The number of amides is 2. The Labute approximate surface area is 105 Å². The number of carbonyl (C=O) groups excluding carboxylic acids is 2. The fourth-order valence-electron chi connectivity index (χ4n) is 1.98. The molecule has 0 spiro atoms. The zero-order chi connectivity index (χ0) is 12.4. The monoisotopic (exact) mass is 252 g/mol. The average molecular weight is 252 g/mol. The zero-order valence-electron chi connectivity index (χ0n) is 10.0. The van der Waals surface area contributed by atoms with E-state index >= 15 is 0 Å². The maximum atomic E-state index is 11.8. The molecule has 92 valence electrons. The summed E-state index contributed by atoms with van der Waals surface area (Å²) < 4.78 is 0. The molecule has 1 saturated heterocycles. The van der Waals surface area contributed by atoms with Gasteiger partial charge in [-0.05, 0) is 30.9 Å². The first-order chi connectivity index (χ1) is 8.13. The van der Waals surface area contributed by atoms with Gasteiger partial charge in [-0.1, -0.05) is 0 Å². The number of hydrogen-bond acceptors (Lipinski definition) is 4. The molecule has 1 aromatic heterocycles. The molecule has 1 unspecified atom stereocenters. The van der Waals surface area contributed by atoms with Gasteiger partial charge in [0.2, 0.25) is 11.8 Å². The molecule has 4 nitrogen and oxygen atoms in total. The van der Waals surface area contributed by atoms with Crippen molar-refractivity contribution in [3.8, 4) is 0 Å². The summed E-state index contributed by atoms with van der Waals surface area (Å²) in [5.41, 5.74) is 1.23. The van der Waals surface area contributed by atoms with Crippen molar-refractivity contribution in [1.82, 2.24) is 10.2 Å². The second kappa shape index (κ2) is 4.98. The summed E-state index contributed by atoms with van der Waals surface area (Å²) in [7, 11) is 0. The van der Waals surface area contributed by atoms with Crippen LogP contribution in [0.25, 0.3) is 0 Å². The van der Waals surface area contributed by atoms with Crippen LogP contribution in [-0.2, 0) is 16.1 Å². The molecule has 1 N–H and O–H groups in total. The van der Waals surface area contributed by atoms with Crippen LogP contribution < -0.4 is 5.32 Å². The Kier molecular flexibility index (Phi) is 3.59. The average Bonchev–Trinajstić information content (AvgIpc) is 2.81. The van der Waals surface area contributed by atoms with E-state index in [9.17, 15) is 9.59 Å². The predicted octanol–water partition coefficient (Wildman–Crippen LogP) is 1.29. The Morgan fingerprint density at radius 1 is 1.53 bits per heavy atom. The molecule has 2 amide bonds. The Hall–Kier alpha value is -1.20. The van der Waals surface area contributed by atoms with Crippen molar-refractivity contribution in [3.05, 3.63) is 21.9 Å². The maximum absolute atomic E-state index is 11.8. The standard InChI is InChI=1S/C12H16N2O2S/c1-3-14-11(15)6-9(12(14)16)13-7-10-8(2)4-5-17-10/h4-5,9,13H,3,6-7H2,1-2H3. The van der Waals surface area contributed by atoms with Gasteiger partial charge in [0.15, 0.2) is 0 Å². The van der Waals surface area contributed by atoms with E-state index < -0.39 is 0 Å². The van der Waals surface area contributed by atoms with Crippen molar-refractivity contribution in [2.24, 2.45) is 0 Å². The molecule has 0 radical (unpaired) electrons. The van der Waals surface area contributed by atoms with Crippen LogP contribution in [0, 0.1) is 6.92 Å². The minimum atomic E-state index is -0.344. The molecule has 0 saturated carbocycles. The van der Waals surface area contributed by atoms with Crippen LogP contribution in [0.4, 0.5) is 0 Å². The number of likely N-dealkylation sites (tertiary alicyclic amines) is 1. The van der Waals surface area contributed by atoms with E-state index in [4.69, 9.17) is 0 Å². The third-order valence-electron chi connectivity index (χ3n) is 3.04. The number of thiophene rings is 1. The predicted molar refractivity (Wildman–Crippen MR) is 66.7 cm³/mol. The first kappa shape index (κ1) is 12.3. The summed E-state index contributed by atoms with van der Waals surface area (Å²) in [4.78, 5) is 25.9.